The molecule has 4 heterocycles. The minimum atomic E-state index is -4.29. The standard InChI is InChI=1S/C24H27F3N6S.3ClH/c1-31-22(17-4-2-10-28-14-17)29-30-23(31)34-13-3-11-32-15-18-9-12-33(21(18)16-32)20-7-5-19(6-8-20)24(25,26)27;;;/h2,4-8,10,14,18,21H,3,9,11-13,15-16H2,1H3;3*1H/t18-,21+;;;/m0.../s1. The first-order valence-electron chi connectivity index (χ1n) is 11.5. The summed E-state index contributed by atoms with van der Waals surface area (Å²) in [6, 6.07) is 9.86. The monoisotopic (exact) mass is 596 g/mol. The molecular weight excluding hydrogens is 568 g/mol. The molecule has 3 aromatic rings. The molecule has 1 aromatic carbocycles. The van der Waals surface area contributed by atoms with Crippen molar-refractivity contribution in [1.29, 1.82) is 0 Å². The van der Waals surface area contributed by atoms with Crippen LogP contribution in [0.15, 0.2) is 53.9 Å². The predicted molar refractivity (Wildman–Crippen MR) is 148 cm³/mol. The molecule has 6 nitrogen and oxygen atoms in total. The van der Waals surface area contributed by atoms with Crippen molar-refractivity contribution in [2.45, 2.75) is 30.2 Å². The molecule has 0 spiro atoms. The van der Waals surface area contributed by atoms with Gasteiger partial charge in [-0.2, -0.15) is 13.2 Å². The number of pyridine rings is 1. The van der Waals surface area contributed by atoms with E-state index in [1.54, 1.807) is 36.3 Å². The van der Waals surface area contributed by atoms with E-state index in [2.05, 4.69) is 25.0 Å². The molecular formula is C24H30Cl3F3N6S. The molecule has 2 fully saturated rings. The highest BCUT2D eigenvalue weighted by atomic mass is 35.5. The summed E-state index contributed by atoms with van der Waals surface area (Å²) in [6.07, 6.45) is 1.37. The van der Waals surface area contributed by atoms with Crippen molar-refractivity contribution >= 4 is 54.7 Å². The number of fused-ring (bicyclic) bond motifs is 1. The number of aromatic nitrogens is 4. The Morgan fingerprint density at radius 1 is 1.03 bits per heavy atom. The van der Waals surface area contributed by atoms with Gasteiger partial charge in [0.2, 0.25) is 0 Å². The molecule has 204 valence electrons. The van der Waals surface area contributed by atoms with Gasteiger partial charge < -0.3 is 14.4 Å². The summed E-state index contributed by atoms with van der Waals surface area (Å²) in [4.78, 5) is 8.93. The molecule has 2 saturated heterocycles. The summed E-state index contributed by atoms with van der Waals surface area (Å²) < 4.78 is 40.7. The Morgan fingerprint density at radius 2 is 1.78 bits per heavy atom. The third-order valence-electron chi connectivity index (χ3n) is 6.75. The van der Waals surface area contributed by atoms with E-state index < -0.39 is 11.7 Å². The highest BCUT2D eigenvalue weighted by Crippen LogP contribution is 2.37. The Hall–Kier alpha value is -1.72. The Bertz CT molecular complexity index is 1120. The van der Waals surface area contributed by atoms with Crippen LogP contribution < -0.4 is 4.90 Å². The zero-order chi connectivity index (χ0) is 23.7. The van der Waals surface area contributed by atoms with Crippen molar-refractivity contribution in [2.75, 3.05) is 36.8 Å². The smallest absolute Gasteiger partial charge is 0.367 e. The highest BCUT2D eigenvalue weighted by Gasteiger charge is 2.41. The van der Waals surface area contributed by atoms with Gasteiger partial charge in [-0.15, -0.1) is 47.4 Å². The Kier molecular flexibility index (Phi) is 11.4. The number of thioether (sulfide) groups is 1. The number of nitrogens with zero attached hydrogens (tertiary/aromatic N) is 6. The molecule has 37 heavy (non-hydrogen) atoms. The summed E-state index contributed by atoms with van der Waals surface area (Å²) in [5.41, 5.74) is 1.25. The van der Waals surface area contributed by atoms with Crippen LogP contribution in [0.2, 0.25) is 0 Å². The van der Waals surface area contributed by atoms with Gasteiger partial charge in [-0.3, -0.25) is 4.98 Å². The third kappa shape index (κ3) is 7.03. The minimum Gasteiger partial charge on any atom is -0.367 e. The van der Waals surface area contributed by atoms with Gasteiger partial charge in [-0.25, -0.2) is 0 Å². The van der Waals surface area contributed by atoms with Crippen LogP contribution >= 0.6 is 49.0 Å². The van der Waals surface area contributed by atoms with Crippen LogP contribution in [0.25, 0.3) is 11.4 Å². The fourth-order valence-corrected chi connectivity index (χ4v) is 5.87. The van der Waals surface area contributed by atoms with Crippen molar-refractivity contribution < 1.29 is 13.2 Å². The molecule has 0 amide bonds. The molecule has 0 bridgehead atoms. The van der Waals surface area contributed by atoms with E-state index in [0.717, 1.165) is 67.0 Å². The van der Waals surface area contributed by atoms with E-state index in [4.69, 9.17) is 0 Å². The lowest BCUT2D eigenvalue weighted by atomic mass is 10.0. The second-order valence-corrected chi connectivity index (χ2v) is 9.98. The molecule has 2 aromatic heterocycles. The van der Waals surface area contributed by atoms with Crippen molar-refractivity contribution in [3.8, 4) is 11.4 Å². The van der Waals surface area contributed by atoms with Crippen molar-refractivity contribution in [3.63, 3.8) is 0 Å². The average Bonchev–Trinajstić information content (AvgIpc) is 3.51. The van der Waals surface area contributed by atoms with Gasteiger partial charge in [-0.05, 0) is 61.7 Å². The number of halogens is 6. The first-order chi connectivity index (χ1) is 16.4. The largest absolute Gasteiger partial charge is 0.416 e. The van der Waals surface area contributed by atoms with Crippen molar-refractivity contribution in [3.05, 3.63) is 54.4 Å². The number of anilines is 1. The number of hydrogen-bond acceptors (Lipinski definition) is 6. The van der Waals surface area contributed by atoms with Crippen LogP contribution in [0.4, 0.5) is 18.9 Å². The van der Waals surface area contributed by atoms with E-state index in [-0.39, 0.29) is 37.2 Å². The number of benzene rings is 1. The lowest BCUT2D eigenvalue weighted by molar-refractivity contribution is -0.137. The second kappa shape index (κ2) is 13.4. The van der Waals surface area contributed by atoms with Gasteiger partial charge in [0.15, 0.2) is 11.0 Å². The fourth-order valence-electron chi connectivity index (χ4n) is 5.03. The van der Waals surface area contributed by atoms with Crippen LogP contribution in [0.1, 0.15) is 18.4 Å². The molecule has 0 saturated carbocycles. The highest BCUT2D eigenvalue weighted by molar-refractivity contribution is 7.99. The summed E-state index contributed by atoms with van der Waals surface area (Å²) in [5, 5.41) is 9.53. The zero-order valence-electron chi connectivity index (χ0n) is 20.2. The van der Waals surface area contributed by atoms with E-state index >= 15 is 0 Å². The quantitative estimate of drug-likeness (QED) is 0.251. The van der Waals surface area contributed by atoms with Gasteiger partial charge in [0, 0.05) is 62.1 Å². The molecule has 2 atom stereocenters. The van der Waals surface area contributed by atoms with E-state index in [0.29, 0.717) is 12.0 Å². The van der Waals surface area contributed by atoms with Crippen LogP contribution in [-0.2, 0) is 13.2 Å². The second-order valence-electron chi connectivity index (χ2n) is 8.92. The Morgan fingerprint density at radius 3 is 2.46 bits per heavy atom. The maximum Gasteiger partial charge on any atom is 0.416 e. The lowest BCUT2D eigenvalue weighted by Gasteiger charge is -2.27. The molecule has 0 aliphatic carbocycles. The SMILES string of the molecule is Cl.Cl.Cl.Cn1c(SCCCN2C[C@@H]3CCN(c4ccc(C(F)(F)F)cc4)[C@@H]3C2)nnc1-c1cccnc1. The Labute approximate surface area is 237 Å². The van der Waals surface area contributed by atoms with Gasteiger partial charge in [0.1, 0.15) is 0 Å². The number of hydrogen-bond donors (Lipinski definition) is 0. The molecule has 0 unspecified atom stereocenters. The van der Waals surface area contributed by atoms with Crippen LogP contribution in [0, 0.1) is 5.92 Å². The lowest BCUT2D eigenvalue weighted by Crippen LogP contribution is -2.35. The van der Waals surface area contributed by atoms with Crippen LogP contribution in [0.3, 0.4) is 0 Å². The number of likely N-dealkylation sites (tertiary alicyclic amines) is 1. The van der Waals surface area contributed by atoms with Crippen molar-refractivity contribution in [2.24, 2.45) is 13.0 Å². The van der Waals surface area contributed by atoms with Gasteiger partial charge in [0.25, 0.3) is 0 Å². The predicted octanol–water partition coefficient (Wildman–Crippen LogP) is 5.85. The van der Waals surface area contributed by atoms with E-state index in [9.17, 15) is 13.2 Å². The normalized spacial score (nSPS) is 19.1. The maximum atomic E-state index is 12.9. The number of rotatable bonds is 7. The molecule has 5 rings (SSSR count). The topological polar surface area (TPSA) is 50.1 Å². The molecule has 2 aliphatic rings. The third-order valence-corrected chi connectivity index (χ3v) is 7.86. The van der Waals surface area contributed by atoms with Gasteiger partial charge >= 0.3 is 6.18 Å². The van der Waals surface area contributed by atoms with Crippen LogP contribution in [-0.4, -0.2) is 62.6 Å². The number of alkyl halides is 3. The van der Waals surface area contributed by atoms with E-state index in [1.807, 2.05) is 23.7 Å². The summed E-state index contributed by atoms with van der Waals surface area (Å²) in [6.45, 7) is 3.94. The first-order valence-corrected chi connectivity index (χ1v) is 12.5. The molecule has 0 radical (unpaired) electrons. The summed E-state index contributed by atoms with van der Waals surface area (Å²) >= 11 is 1.71. The summed E-state index contributed by atoms with van der Waals surface area (Å²) in [7, 11) is 1.97. The molecule has 0 N–H and O–H groups in total. The van der Waals surface area contributed by atoms with E-state index in [1.165, 1.54) is 12.1 Å². The van der Waals surface area contributed by atoms with Crippen molar-refractivity contribution in [1.82, 2.24) is 24.6 Å². The van der Waals surface area contributed by atoms with Gasteiger partial charge in [0.05, 0.1) is 5.56 Å². The van der Waals surface area contributed by atoms with Gasteiger partial charge in [-0.1, -0.05) is 11.8 Å². The molecule has 2 aliphatic heterocycles. The first kappa shape index (κ1) is 31.5. The Balaban J connectivity index is 0.00000160. The minimum absolute atomic E-state index is 0. The summed E-state index contributed by atoms with van der Waals surface area (Å²) in [5.74, 6) is 2.34. The molecule has 13 heteroatoms. The maximum absolute atomic E-state index is 12.9. The zero-order valence-corrected chi connectivity index (χ0v) is 23.4. The fraction of sp³-hybridized carbons (Fsp3) is 0.458. The van der Waals surface area contributed by atoms with Crippen LogP contribution in [0.5, 0.6) is 0 Å². The average molecular weight is 598 g/mol.